The van der Waals surface area contributed by atoms with Gasteiger partial charge in [0.2, 0.25) is 5.91 Å². The summed E-state index contributed by atoms with van der Waals surface area (Å²) in [7, 11) is 1.25. The van der Waals surface area contributed by atoms with Crippen molar-refractivity contribution in [3.8, 4) is 0 Å². The second-order valence-corrected chi connectivity index (χ2v) is 4.44. The molecule has 1 rings (SSSR count). The number of morpholine rings is 1. The van der Waals surface area contributed by atoms with Crippen molar-refractivity contribution in [3.63, 3.8) is 0 Å². The Morgan fingerprint density at radius 1 is 1.29 bits per heavy atom. The van der Waals surface area contributed by atoms with E-state index >= 15 is 0 Å². The molecule has 1 aliphatic heterocycles. The molecule has 3 amide bonds. The monoisotopic (exact) mass is 303 g/mol. The van der Waals surface area contributed by atoms with E-state index in [9.17, 15) is 14.4 Å². The zero-order chi connectivity index (χ0) is 15.7. The molecule has 0 radical (unpaired) electrons. The lowest BCUT2D eigenvalue weighted by Crippen LogP contribution is -2.45. The Morgan fingerprint density at radius 3 is 2.52 bits per heavy atom. The van der Waals surface area contributed by atoms with E-state index in [4.69, 9.17) is 9.84 Å². The number of methoxy groups -OCH3 is 1. The molecule has 0 aromatic heterocycles. The lowest BCUT2D eigenvalue weighted by Gasteiger charge is -2.26. The van der Waals surface area contributed by atoms with Gasteiger partial charge in [-0.2, -0.15) is 0 Å². The minimum Gasteiger partial charge on any atom is -0.479 e. The molecule has 1 heterocycles. The Morgan fingerprint density at radius 2 is 1.95 bits per heavy atom. The average molecular weight is 303 g/mol. The predicted molar refractivity (Wildman–Crippen MR) is 71.9 cm³/mol. The highest BCUT2D eigenvalue weighted by Gasteiger charge is 2.18. The van der Waals surface area contributed by atoms with Crippen LogP contribution in [0.4, 0.5) is 4.79 Å². The first-order valence-electron chi connectivity index (χ1n) is 6.67. The van der Waals surface area contributed by atoms with Crippen LogP contribution in [-0.2, 0) is 19.1 Å². The van der Waals surface area contributed by atoms with Crippen molar-refractivity contribution in [2.24, 2.45) is 0 Å². The molecule has 9 nitrogen and oxygen atoms in total. The van der Waals surface area contributed by atoms with E-state index < -0.39 is 18.1 Å². The number of rotatable bonds is 7. The molecule has 1 fully saturated rings. The quantitative estimate of drug-likeness (QED) is 0.534. The Labute approximate surface area is 122 Å². The number of amides is 3. The third-order valence-corrected chi connectivity index (χ3v) is 3.00. The van der Waals surface area contributed by atoms with Gasteiger partial charge in [0.15, 0.2) is 6.10 Å². The maximum atomic E-state index is 11.8. The van der Waals surface area contributed by atoms with E-state index in [2.05, 4.69) is 15.4 Å². The van der Waals surface area contributed by atoms with E-state index in [-0.39, 0.29) is 25.4 Å². The van der Waals surface area contributed by atoms with Gasteiger partial charge in [0.1, 0.15) is 0 Å². The summed E-state index contributed by atoms with van der Waals surface area (Å²) in [6, 6.07) is -0.534. The SMILES string of the molecule is COC(CNC(=O)NCCC(=O)N1CCOCC1)C(=O)O. The summed E-state index contributed by atoms with van der Waals surface area (Å²) in [6.07, 6.45) is -0.897. The number of carboxylic acids is 1. The minimum absolute atomic E-state index is 0.0427. The molecule has 21 heavy (non-hydrogen) atoms. The number of hydrogen-bond acceptors (Lipinski definition) is 5. The number of carboxylic acid groups (broad SMARTS) is 1. The van der Waals surface area contributed by atoms with Gasteiger partial charge in [-0.1, -0.05) is 0 Å². The molecule has 1 unspecified atom stereocenters. The summed E-state index contributed by atoms with van der Waals surface area (Å²) in [4.78, 5) is 35.6. The Kier molecular flexibility index (Phi) is 7.48. The molecule has 9 heteroatoms. The second-order valence-electron chi connectivity index (χ2n) is 4.44. The summed E-state index contributed by atoms with van der Waals surface area (Å²) in [5.41, 5.74) is 0. The highest BCUT2D eigenvalue weighted by atomic mass is 16.5. The average Bonchev–Trinajstić information content (AvgIpc) is 2.48. The molecule has 0 aromatic carbocycles. The van der Waals surface area contributed by atoms with Crippen LogP contribution < -0.4 is 10.6 Å². The van der Waals surface area contributed by atoms with Crippen LogP contribution in [0.2, 0.25) is 0 Å². The smallest absolute Gasteiger partial charge is 0.334 e. The third kappa shape index (κ3) is 6.41. The molecule has 1 aliphatic rings. The Balaban J connectivity index is 2.15. The molecule has 3 N–H and O–H groups in total. The van der Waals surface area contributed by atoms with E-state index in [0.29, 0.717) is 26.3 Å². The van der Waals surface area contributed by atoms with Crippen LogP contribution in [-0.4, -0.2) is 80.5 Å². The van der Waals surface area contributed by atoms with Crippen molar-refractivity contribution in [1.29, 1.82) is 0 Å². The first-order chi connectivity index (χ1) is 10.0. The van der Waals surface area contributed by atoms with E-state index in [1.54, 1.807) is 4.90 Å². The number of aliphatic carboxylic acids is 1. The number of nitrogens with one attached hydrogen (secondary N) is 2. The van der Waals surface area contributed by atoms with Gasteiger partial charge in [0.25, 0.3) is 0 Å². The standard InChI is InChI=1S/C12H21N3O6/c1-20-9(11(17)18)8-14-12(19)13-3-2-10(16)15-4-6-21-7-5-15/h9H,2-8H2,1H3,(H,17,18)(H2,13,14,19). The third-order valence-electron chi connectivity index (χ3n) is 3.00. The first kappa shape index (κ1) is 17.2. The van der Waals surface area contributed by atoms with Gasteiger partial charge in [0.05, 0.1) is 19.8 Å². The van der Waals surface area contributed by atoms with Gasteiger partial charge in [0, 0.05) is 33.2 Å². The Bertz CT molecular complexity index is 370. The van der Waals surface area contributed by atoms with Crippen molar-refractivity contribution in [3.05, 3.63) is 0 Å². The van der Waals surface area contributed by atoms with Crippen molar-refractivity contribution in [1.82, 2.24) is 15.5 Å². The number of carbonyl (C=O) groups excluding carboxylic acids is 2. The fourth-order valence-corrected chi connectivity index (χ4v) is 1.77. The molecular formula is C12H21N3O6. The van der Waals surface area contributed by atoms with E-state index in [1.165, 1.54) is 7.11 Å². The van der Waals surface area contributed by atoms with Crippen LogP contribution in [0, 0.1) is 0 Å². The van der Waals surface area contributed by atoms with Crippen LogP contribution in [0.3, 0.4) is 0 Å². The van der Waals surface area contributed by atoms with Gasteiger partial charge < -0.3 is 30.1 Å². The zero-order valence-corrected chi connectivity index (χ0v) is 12.0. The molecular weight excluding hydrogens is 282 g/mol. The number of urea groups is 1. The largest absolute Gasteiger partial charge is 0.479 e. The first-order valence-corrected chi connectivity index (χ1v) is 6.67. The van der Waals surface area contributed by atoms with Crippen LogP contribution in [0.15, 0.2) is 0 Å². The van der Waals surface area contributed by atoms with Gasteiger partial charge in [-0.15, -0.1) is 0 Å². The lowest BCUT2D eigenvalue weighted by molar-refractivity contribution is -0.148. The maximum absolute atomic E-state index is 11.8. The van der Waals surface area contributed by atoms with Gasteiger partial charge in [-0.25, -0.2) is 9.59 Å². The summed E-state index contributed by atoms with van der Waals surface area (Å²) in [5.74, 6) is -1.20. The fourth-order valence-electron chi connectivity index (χ4n) is 1.77. The predicted octanol–water partition coefficient (Wildman–Crippen LogP) is -1.37. The number of hydrogen-bond donors (Lipinski definition) is 3. The molecule has 120 valence electrons. The highest BCUT2D eigenvalue weighted by molar-refractivity contribution is 5.79. The number of carbonyl (C=O) groups is 3. The van der Waals surface area contributed by atoms with Crippen LogP contribution in [0.1, 0.15) is 6.42 Å². The molecule has 0 aromatic rings. The van der Waals surface area contributed by atoms with Gasteiger partial charge >= 0.3 is 12.0 Å². The summed E-state index contributed by atoms with van der Waals surface area (Å²) in [5, 5.41) is 13.6. The molecule has 1 atom stereocenters. The minimum atomic E-state index is -1.15. The molecule has 0 spiro atoms. The molecule has 0 aliphatic carbocycles. The molecule has 0 saturated carbocycles. The van der Waals surface area contributed by atoms with Crippen LogP contribution >= 0.6 is 0 Å². The van der Waals surface area contributed by atoms with Gasteiger partial charge in [-0.05, 0) is 0 Å². The highest BCUT2D eigenvalue weighted by Crippen LogP contribution is 1.99. The fraction of sp³-hybridized carbons (Fsp3) is 0.750. The van der Waals surface area contributed by atoms with Gasteiger partial charge in [-0.3, -0.25) is 4.79 Å². The van der Waals surface area contributed by atoms with Crippen LogP contribution in [0.5, 0.6) is 0 Å². The summed E-state index contributed by atoms with van der Waals surface area (Å²) < 4.78 is 9.81. The van der Waals surface area contributed by atoms with Crippen LogP contribution in [0.25, 0.3) is 0 Å². The summed E-state index contributed by atoms with van der Waals surface area (Å²) in [6.45, 7) is 2.25. The van der Waals surface area contributed by atoms with E-state index in [1.807, 2.05) is 0 Å². The van der Waals surface area contributed by atoms with Crippen molar-refractivity contribution < 1.29 is 29.0 Å². The molecule has 0 bridgehead atoms. The normalized spacial score (nSPS) is 16.1. The summed E-state index contributed by atoms with van der Waals surface area (Å²) >= 11 is 0. The molecule has 1 saturated heterocycles. The zero-order valence-electron chi connectivity index (χ0n) is 12.0. The lowest BCUT2D eigenvalue weighted by atomic mass is 10.3. The van der Waals surface area contributed by atoms with E-state index in [0.717, 1.165) is 0 Å². The van der Waals surface area contributed by atoms with Crippen molar-refractivity contribution >= 4 is 17.9 Å². The maximum Gasteiger partial charge on any atom is 0.334 e. The number of ether oxygens (including phenoxy) is 2. The topological polar surface area (TPSA) is 117 Å². The van der Waals surface area contributed by atoms with Crippen molar-refractivity contribution in [2.75, 3.05) is 46.5 Å². The Hall–Kier alpha value is -1.87. The van der Waals surface area contributed by atoms with Crippen molar-refractivity contribution in [2.45, 2.75) is 12.5 Å². The second kappa shape index (κ2) is 9.14. The number of nitrogens with zero attached hydrogens (tertiary/aromatic N) is 1.